The lowest BCUT2D eigenvalue weighted by atomic mass is 9.88. The lowest BCUT2D eigenvalue weighted by Gasteiger charge is -2.33. The summed E-state index contributed by atoms with van der Waals surface area (Å²) in [6, 6.07) is 16.8. The zero-order chi connectivity index (χ0) is 21.1. The number of nitrogens with zero attached hydrogens (tertiary/aromatic N) is 3. The number of rotatable bonds is 6. The minimum absolute atomic E-state index is 0.0717. The molecule has 2 atom stereocenters. The highest BCUT2D eigenvalue weighted by Gasteiger charge is 2.40. The van der Waals surface area contributed by atoms with E-state index in [1.165, 1.54) is 0 Å². The van der Waals surface area contributed by atoms with Crippen molar-refractivity contribution in [1.29, 1.82) is 0 Å². The summed E-state index contributed by atoms with van der Waals surface area (Å²) in [4.78, 5) is 17.8. The van der Waals surface area contributed by atoms with E-state index >= 15 is 0 Å². The number of amides is 1. The van der Waals surface area contributed by atoms with E-state index in [4.69, 9.17) is 5.11 Å². The van der Waals surface area contributed by atoms with Crippen LogP contribution in [0.5, 0.6) is 0 Å². The van der Waals surface area contributed by atoms with E-state index in [1.807, 2.05) is 54.6 Å². The van der Waals surface area contributed by atoms with Crippen molar-refractivity contribution in [3.8, 4) is 0 Å². The highest BCUT2D eigenvalue weighted by atomic mass is 79.9. The van der Waals surface area contributed by atoms with Crippen molar-refractivity contribution in [3.63, 3.8) is 0 Å². The van der Waals surface area contributed by atoms with Crippen molar-refractivity contribution in [2.45, 2.75) is 18.9 Å². The molecular weight excluding hydrogens is 446 g/mol. The van der Waals surface area contributed by atoms with E-state index in [0.717, 1.165) is 15.7 Å². The van der Waals surface area contributed by atoms with Gasteiger partial charge in [0, 0.05) is 28.9 Å². The summed E-state index contributed by atoms with van der Waals surface area (Å²) in [6.45, 7) is 4.19. The Kier molecular flexibility index (Phi) is 5.96. The number of benzene rings is 2. The Morgan fingerprint density at radius 1 is 1.20 bits per heavy atom. The summed E-state index contributed by atoms with van der Waals surface area (Å²) in [6.07, 6.45) is 1.13. The third-order valence-electron chi connectivity index (χ3n) is 5.00. The van der Waals surface area contributed by atoms with Gasteiger partial charge in [0.2, 0.25) is 11.9 Å². The maximum absolute atomic E-state index is 13.3. The number of aliphatic hydroxyl groups excluding tert-OH is 1. The lowest BCUT2D eigenvalue weighted by molar-refractivity contribution is -0.119. The van der Waals surface area contributed by atoms with Crippen molar-refractivity contribution >= 4 is 33.5 Å². The predicted octanol–water partition coefficient (Wildman–Crippen LogP) is 3.75. The molecule has 0 saturated carbocycles. The van der Waals surface area contributed by atoms with Crippen LogP contribution in [0.4, 0.5) is 11.6 Å². The second kappa shape index (κ2) is 8.81. The number of carbonyl (C=O) groups is 1. The molecular formula is C22H22BrN5O2. The zero-order valence-corrected chi connectivity index (χ0v) is 17.8. The van der Waals surface area contributed by atoms with E-state index in [1.54, 1.807) is 4.68 Å². The van der Waals surface area contributed by atoms with Crippen molar-refractivity contribution in [2.75, 3.05) is 17.2 Å². The number of fused-ring (bicyclic) bond motifs is 1. The van der Waals surface area contributed by atoms with Crippen molar-refractivity contribution < 1.29 is 9.90 Å². The number of anilines is 2. The van der Waals surface area contributed by atoms with Crippen LogP contribution >= 0.6 is 15.9 Å². The molecule has 0 radical (unpaired) electrons. The molecule has 2 heterocycles. The SMILES string of the molecule is C=C1Nc2nc(CCCO)nn2[C@@H](c2ccc(Br)cc2)[C@@H]1C(=O)Nc1ccccc1. The molecule has 1 aliphatic rings. The fraction of sp³-hybridized carbons (Fsp3) is 0.227. The Labute approximate surface area is 183 Å². The van der Waals surface area contributed by atoms with Crippen LogP contribution in [0.3, 0.4) is 0 Å². The van der Waals surface area contributed by atoms with Gasteiger partial charge in [-0.15, -0.1) is 0 Å². The number of hydrogen-bond donors (Lipinski definition) is 3. The Balaban J connectivity index is 1.73. The number of aryl methyl sites for hydroxylation is 1. The smallest absolute Gasteiger partial charge is 0.235 e. The monoisotopic (exact) mass is 467 g/mol. The van der Waals surface area contributed by atoms with E-state index in [2.05, 4.69) is 43.2 Å². The normalized spacial score (nSPS) is 17.9. The number of carbonyl (C=O) groups excluding carboxylic acids is 1. The van der Waals surface area contributed by atoms with Gasteiger partial charge >= 0.3 is 0 Å². The van der Waals surface area contributed by atoms with Gasteiger partial charge in [0.15, 0.2) is 5.82 Å². The minimum Gasteiger partial charge on any atom is -0.396 e. The maximum atomic E-state index is 13.3. The molecule has 30 heavy (non-hydrogen) atoms. The Morgan fingerprint density at radius 2 is 1.93 bits per heavy atom. The number of nitrogens with one attached hydrogen (secondary N) is 2. The maximum Gasteiger partial charge on any atom is 0.235 e. The van der Waals surface area contributed by atoms with Crippen molar-refractivity contribution in [3.05, 3.63) is 82.7 Å². The first kappa shape index (κ1) is 20.3. The number of hydrogen-bond acceptors (Lipinski definition) is 5. The first-order chi connectivity index (χ1) is 14.6. The van der Waals surface area contributed by atoms with Gasteiger partial charge in [0.05, 0.1) is 6.04 Å². The second-order valence-corrected chi connectivity index (χ2v) is 8.02. The quantitative estimate of drug-likeness (QED) is 0.513. The molecule has 0 spiro atoms. The second-order valence-electron chi connectivity index (χ2n) is 7.10. The van der Waals surface area contributed by atoms with E-state index < -0.39 is 12.0 Å². The summed E-state index contributed by atoms with van der Waals surface area (Å²) in [7, 11) is 0. The molecule has 0 saturated heterocycles. The van der Waals surface area contributed by atoms with Gasteiger partial charge in [-0.25, -0.2) is 4.68 Å². The average Bonchev–Trinajstić information content (AvgIpc) is 3.15. The first-order valence-electron chi connectivity index (χ1n) is 9.70. The van der Waals surface area contributed by atoms with Crippen molar-refractivity contribution in [2.24, 2.45) is 5.92 Å². The van der Waals surface area contributed by atoms with Crippen LogP contribution in [-0.4, -0.2) is 32.4 Å². The fourth-order valence-electron chi connectivity index (χ4n) is 3.58. The number of para-hydroxylation sites is 1. The van der Waals surface area contributed by atoms with Gasteiger partial charge in [-0.3, -0.25) is 4.79 Å². The molecule has 3 N–H and O–H groups in total. The molecule has 154 valence electrons. The van der Waals surface area contributed by atoms with Crippen LogP contribution in [0.15, 0.2) is 71.3 Å². The molecule has 2 aromatic carbocycles. The Bertz CT molecular complexity index is 1050. The molecule has 3 aromatic rings. The largest absolute Gasteiger partial charge is 0.396 e. The zero-order valence-electron chi connectivity index (χ0n) is 16.3. The van der Waals surface area contributed by atoms with Gasteiger partial charge in [-0.2, -0.15) is 10.1 Å². The third-order valence-corrected chi connectivity index (χ3v) is 5.52. The molecule has 1 aromatic heterocycles. The lowest BCUT2D eigenvalue weighted by Crippen LogP contribution is -2.39. The van der Waals surface area contributed by atoms with Crippen LogP contribution in [0.1, 0.15) is 23.9 Å². The Hall–Kier alpha value is -2.97. The molecule has 4 rings (SSSR count). The van der Waals surface area contributed by atoms with Crippen LogP contribution < -0.4 is 10.6 Å². The van der Waals surface area contributed by atoms with Gasteiger partial charge < -0.3 is 15.7 Å². The summed E-state index contributed by atoms with van der Waals surface area (Å²) in [5.74, 6) is 0.395. The molecule has 0 fully saturated rings. The van der Waals surface area contributed by atoms with E-state index in [9.17, 15) is 4.79 Å². The molecule has 0 bridgehead atoms. The van der Waals surface area contributed by atoms with Crippen LogP contribution in [-0.2, 0) is 11.2 Å². The minimum atomic E-state index is -0.591. The van der Waals surface area contributed by atoms with Crippen LogP contribution in [0.2, 0.25) is 0 Å². The molecule has 8 heteroatoms. The van der Waals surface area contributed by atoms with Gasteiger partial charge in [-0.1, -0.05) is 52.8 Å². The molecule has 1 aliphatic heterocycles. The van der Waals surface area contributed by atoms with E-state index in [0.29, 0.717) is 30.3 Å². The van der Waals surface area contributed by atoms with Gasteiger partial charge in [0.25, 0.3) is 0 Å². The Morgan fingerprint density at radius 3 is 2.63 bits per heavy atom. The predicted molar refractivity (Wildman–Crippen MR) is 119 cm³/mol. The summed E-state index contributed by atoms with van der Waals surface area (Å²) in [5.41, 5.74) is 2.21. The molecule has 0 aliphatic carbocycles. The van der Waals surface area contributed by atoms with Crippen LogP contribution in [0.25, 0.3) is 0 Å². The fourth-order valence-corrected chi connectivity index (χ4v) is 3.84. The highest BCUT2D eigenvalue weighted by molar-refractivity contribution is 9.10. The molecule has 7 nitrogen and oxygen atoms in total. The first-order valence-corrected chi connectivity index (χ1v) is 10.5. The third kappa shape index (κ3) is 4.15. The van der Waals surface area contributed by atoms with Gasteiger partial charge in [0.1, 0.15) is 5.92 Å². The van der Waals surface area contributed by atoms with Crippen LogP contribution in [0, 0.1) is 5.92 Å². The van der Waals surface area contributed by atoms with Crippen molar-refractivity contribution in [1.82, 2.24) is 14.8 Å². The summed E-state index contributed by atoms with van der Waals surface area (Å²) in [5, 5.41) is 19.9. The topological polar surface area (TPSA) is 92.1 Å². The van der Waals surface area contributed by atoms with E-state index in [-0.39, 0.29) is 12.5 Å². The number of aliphatic hydroxyl groups is 1. The van der Waals surface area contributed by atoms with Gasteiger partial charge in [-0.05, 0) is 36.2 Å². The molecule has 0 unspecified atom stereocenters. The standard InChI is InChI=1S/C22H22BrN5O2/c1-14-19(21(30)25-17-6-3-2-4-7-17)20(15-9-11-16(23)12-10-15)28-22(24-14)26-18(27-28)8-5-13-29/h2-4,6-7,9-12,19-20,29H,1,5,8,13H2,(H,25,30)(H,24,26,27)/t19-,20+/m1/s1. The number of halogens is 1. The molecule has 1 amide bonds. The highest BCUT2D eigenvalue weighted by Crippen LogP contribution is 2.38. The average molecular weight is 468 g/mol. The summed E-state index contributed by atoms with van der Waals surface area (Å²) < 4.78 is 2.70. The number of aromatic nitrogens is 3. The summed E-state index contributed by atoms with van der Waals surface area (Å²) >= 11 is 3.47.